The Morgan fingerprint density at radius 2 is 2.33 bits per heavy atom. The van der Waals surface area contributed by atoms with Crippen molar-refractivity contribution in [3.63, 3.8) is 0 Å². The second-order valence-corrected chi connectivity index (χ2v) is 4.53. The Kier molecular flexibility index (Phi) is 6.07. The number of carbonyl (C=O) groups is 2. The van der Waals surface area contributed by atoms with Gasteiger partial charge in [0.2, 0.25) is 5.91 Å². The minimum absolute atomic E-state index is 0.184. The summed E-state index contributed by atoms with van der Waals surface area (Å²) in [5.41, 5.74) is 0.762. The van der Waals surface area contributed by atoms with E-state index in [4.69, 9.17) is 4.74 Å². The molecular formula is C12H16N2O3S. The largest absolute Gasteiger partial charge is 0.466 e. The maximum Gasteiger partial charge on any atom is 0.307 e. The SMILES string of the molecule is CCOC(=O)CCNC(=O)C=Cc1csc(C)n1. The zero-order valence-corrected chi connectivity index (χ0v) is 11.3. The van der Waals surface area contributed by atoms with Crippen LogP contribution >= 0.6 is 11.3 Å². The lowest BCUT2D eigenvalue weighted by Gasteiger charge is -2.02. The fourth-order valence-corrected chi connectivity index (χ4v) is 1.78. The highest BCUT2D eigenvalue weighted by atomic mass is 32.1. The van der Waals surface area contributed by atoms with Gasteiger partial charge in [0.05, 0.1) is 23.7 Å². The van der Waals surface area contributed by atoms with E-state index in [0.29, 0.717) is 6.61 Å². The van der Waals surface area contributed by atoms with Crippen molar-refractivity contribution >= 4 is 29.3 Å². The Labute approximate surface area is 110 Å². The molecule has 0 saturated carbocycles. The molecule has 1 N–H and O–H groups in total. The van der Waals surface area contributed by atoms with Crippen molar-refractivity contribution in [2.45, 2.75) is 20.3 Å². The Morgan fingerprint density at radius 3 is 2.94 bits per heavy atom. The molecule has 1 amide bonds. The van der Waals surface area contributed by atoms with Gasteiger partial charge in [-0.15, -0.1) is 11.3 Å². The lowest BCUT2D eigenvalue weighted by molar-refractivity contribution is -0.142. The molecule has 0 radical (unpaired) electrons. The molecular weight excluding hydrogens is 252 g/mol. The van der Waals surface area contributed by atoms with Crippen molar-refractivity contribution in [3.8, 4) is 0 Å². The normalized spacial score (nSPS) is 10.6. The molecule has 1 rings (SSSR count). The van der Waals surface area contributed by atoms with E-state index < -0.39 is 0 Å². The number of hydrogen-bond acceptors (Lipinski definition) is 5. The average Bonchev–Trinajstić information content (AvgIpc) is 2.73. The highest BCUT2D eigenvalue weighted by molar-refractivity contribution is 7.09. The van der Waals surface area contributed by atoms with Crippen LogP contribution in [0.15, 0.2) is 11.5 Å². The predicted octanol–water partition coefficient (Wildman–Crippen LogP) is 1.53. The van der Waals surface area contributed by atoms with E-state index in [0.717, 1.165) is 10.7 Å². The summed E-state index contributed by atoms with van der Waals surface area (Å²) in [6, 6.07) is 0. The number of aryl methyl sites for hydroxylation is 1. The van der Waals surface area contributed by atoms with Crippen LogP contribution < -0.4 is 5.32 Å². The zero-order chi connectivity index (χ0) is 13.4. The summed E-state index contributed by atoms with van der Waals surface area (Å²) in [6.07, 6.45) is 3.23. The van der Waals surface area contributed by atoms with E-state index in [1.54, 1.807) is 13.0 Å². The van der Waals surface area contributed by atoms with Crippen LogP contribution in [-0.4, -0.2) is 30.0 Å². The van der Waals surface area contributed by atoms with Crippen LogP contribution in [0.25, 0.3) is 6.08 Å². The molecule has 1 heterocycles. The second-order valence-electron chi connectivity index (χ2n) is 3.47. The number of amides is 1. The van der Waals surface area contributed by atoms with Crippen molar-refractivity contribution in [1.29, 1.82) is 0 Å². The van der Waals surface area contributed by atoms with Crippen molar-refractivity contribution in [2.24, 2.45) is 0 Å². The molecule has 0 aliphatic carbocycles. The number of carbonyl (C=O) groups excluding carboxylic acids is 2. The van der Waals surface area contributed by atoms with Crippen molar-refractivity contribution in [2.75, 3.05) is 13.2 Å². The molecule has 0 atom stereocenters. The summed E-state index contributed by atoms with van der Waals surface area (Å²) < 4.78 is 4.74. The van der Waals surface area contributed by atoms with Gasteiger partial charge in [0.25, 0.3) is 0 Å². The van der Waals surface area contributed by atoms with Crippen LogP contribution in [0.5, 0.6) is 0 Å². The van der Waals surface area contributed by atoms with Gasteiger partial charge in [-0.25, -0.2) is 4.98 Å². The first kappa shape index (κ1) is 14.4. The first-order chi connectivity index (χ1) is 8.61. The quantitative estimate of drug-likeness (QED) is 0.627. The average molecular weight is 268 g/mol. The topological polar surface area (TPSA) is 68.3 Å². The van der Waals surface area contributed by atoms with E-state index in [-0.39, 0.29) is 24.8 Å². The van der Waals surface area contributed by atoms with Gasteiger partial charge in [-0.05, 0) is 19.9 Å². The number of nitrogens with zero attached hydrogens (tertiary/aromatic N) is 1. The van der Waals surface area contributed by atoms with Crippen molar-refractivity contribution < 1.29 is 14.3 Å². The number of thiazole rings is 1. The van der Waals surface area contributed by atoms with Gasteiger partial charge in [0.1, 0.15) is 0 Å². The Bertz CT molecular complexity index is 440. The maximum absolute atomic E-state index is 11.4. The minimum Gasteiger partial charge on any atom is -0.466 e. The van der Waals surface area contributed by atoms with Crippen LogP contribution in [0.1, 0.15) is 24.0 Å². The first-order valence-corrected chi connectivity index (χ1v) is 6.53. The Balaban J connectivity index is 2.25. The van der Waals surface area contributed by atoms with Crippen LogP contribution in [0.2, 0.25) is 0 Å². The van der Waals surface area contributed by atoms with Gasteiger partial charge < -0.3 is 10.1 Å². The molecule has 5 nitrogen and oxygen atoms in total. The molecule has 0 spiro atoms. The monoisotopic (exact) mass is 268 g/mol. The number of ether oxygens (including phenoxy) is 1. The van der Waals surface area contributed by atoms with Gasteiger partial charge >= 0.3 is 5.97 Å². The number of nitrogens with one attached hydrogen (secondary N) is 1. The summed E-state index contributed by atoms with van der Waals surface area (Å²) in [7, 11) is 0. The molecule has 0 bridgehead atoms. The molecule has 1 aromatic heterocycles. The molecule has 0 aromatic carbocycles. The second kappa shape index (κ2) is 7.60. The number of esters is 1. The summed E-state index contributed by atoms with van der Waals surface area (Å²) in [4.78, 5) is 26.6. The zero-order valence-electron chi connectivity index (χ0n) is 10.4. The smallest absolute Gasteiger partial charge is 0.307 e. The van der Waals surface area contributed by atoms with Crippen LogP contribution in [-0.2, 0) is 14.3 Å². The Hall–Kier alpha value is -1.69. The van der Waals surface area contributed by atoms with E-state index >= 15 is 0 Å². The third-order valence-corrected chi connectivity index (χ3v) is 2.77. The van der Waals surface area contributed by atoms with E-state index in [9.17, 15) is 9.59 Å². The number of hydrogen-bond donors (Lipinski definition) is 1. The van der Waals surface area contributed by atoms with Gasteiger partial charge in [0.15, 0.2) is 0 Å². The molecule has 98 valence electrons. The third-order valence-electron chi connectivity index (χ3n) is 1.98. The summed E-state index contributed by atoms with van der Waals surface area (Å²) in [5, 5.41) is 5.43. The Morgan fingerprint density at radius 1 is 1.56 bits per heavy atom. The van der Waals surface area contributed by atoms with Gasteiger partial charge in [0, 0.05) is 18.0 Å². The van der Waals surface area contributed by atoms with Gasteiger partial charge in [-0.3, -0.25) is 9.59 Å². The van der Waals surface area contributed by atoms with E-state index in [1.807, 2.05) is 12.3 Å². The first-order valence-electron chi connectivity index (χ1n) is 5.65. The van der Waals surface area contributed by atoms with Crippen LogP contribution in [0, 0.1) is 6.92 Å². The molecule has 0 saturated heterocycles. The fourth-order valence-electron chi connectivity index (χ4n) is 1.20. The molecule has 0 fully saturated rings. The molecule has 0 aliphatic heterocycles. The highest BCUT2D eigenvalue weighted by Crippen LogP contribution is 2.08. The summed E-state index contributed by atoms with van der Waals surface area (Å²) in [5.74, 6) is -0.554. The lowest BCUT2D eigenvalue weighted by Crippen LogP contribution is -2.24. The van der Waals surface area contributed by atoms with Crippen LogP contribution in [0.4, 0.5) is 0 Å². The fraction of sp³-hybridized carbons (Fsp3) is 0.417. The minimum atomic E-state index is -0.308. The number of aromatic nitrogens is 1. The molecule has 6 heteroatoms. The molecule has 0 aliphatic rings. The number of rotatable bonds is 6. The molecule has 0 unspecified atom stereocenters. The predicted molar refractivity (Wildman–Crippen MR) is 70.1 cm³/mol. The summed E-state index contributed by atoms with van der Waals surface area (Å²) in [6.45, 7) is 4.28. The van der Waals surface area contributed by atoms with Crippen molar-refractivity contribution in [3.05, 3.63) is 22.2 Å². The lowest BCUT2D eigenvalue weighted by atomic mass is 10.4. The van der Waals surface area contributed by atoms with Crippen molar-refractivity contribution in [1.82, 2.24) is 10.3 Å². The molecule has 1 aromatic rings. The third kappa shape index (κ3) is 5.58. The van der Waals surface area contributed by atoms with Gasteiger partial charge in [-0.1, -0.05) is 0 Å². The standard InChI is InChI=1S/C12H16N2O3S/c1-3-17-12(16)6-7-13-11(15)5-4-10-8-18-9(2)14-10/h4-5,8H,3,6-7H2,1-2H3,(H,13,15). The highest BCUT2D eigenvalue weighted by Gasteiger charge is 2.02. The summed E-state index contributed by atoms with van der Waals surface area (Å²) >= 11 is 1.53. The van der Waals surface area contributed by atoms with Crippen LogP contribution in [0.3, 0.4) is 0 Å². The molecule has 18 heavy (non-hydrogen) atoms. The van der Waals surface area contributed by atoms with E-state index in [1.165, 1.54) is 17.4 Å². The van der Waals surface area contributed by atoms with Gasteiger partial charge in [-0.2, -0.15) is 0 Å². The van der Waals surface area contributed by atoms with E-state index in [2.05, 4.69) is 10.3 Å². The maximum atomic E-state index is 11.4.